The molecular weight excluding hydrogens is 567 g/mol. The molecule has 4 rings (SSSR count). The van der Waals surface area contributed by atoms with E-state index in [1.54, 1.807) is 25.1 Å². The normalized spacial score (nSPS) is 17.6. The largest absolute Gasteiger partial charge is 0.485 e. The smallest absolute Gasteiger partial charge is 0.416 e. The molecule has 2 aromatic carbocycles. The van der Waals surface area contributed by atoms with Crippen LogP contribution < -0.4 is 15.4 Å². The fourth-order valence-electron chi connectivity index (χ4n) is 4.57. The molecule has 0 saturated carbocycles. The highest BCUT2D eigenvalue weighted by molar-refractivity contribution is 6.07. The standard InChI is InChI=1S/C30H32F3N5O5/c1-18-15-38(19(2)17-39)28(41)23-5-4-6-24(36-27(40)20-11-13-34-14-12-20)26(23)43-25(18)16-37(3)29(42)35-22-9-7-21(8-10-22)30(31,32)33/h4-14,18-19,25,39H,15-17H2,1-3H3,(H,35,42)(H,36,40)/t18-,19-,25-/m0/s1. The highest BCUT2D eigenvalue weighted by Crippen LogP contribution is 2.35. The number of aliphatic hydroxyl groups is 1. The van der Waals surface area contributed by atoms with Gasteiger partial charge in [0.2, 0.25) is 0 Å². The van der Waals surface area contributed by atoms with E-state index in [0.717, 1.165) is 24.3 Å². The van der Waals surface area contributed by atoms with Gasteiger partial charge in [0.25, 0.3) is 11.8 Å². The Morgan fingerprint density at radius 3 is 2.42 bits per heavy atom. The Morgan fingerprint density at radius 2 is 1.79 bits per heavy atom. The summed E-state index contributed by atoms with van der Waals surface area (Å²) in [5, 5.41) is 15.2. The summed E-state index contributed by atoms with van der Waals surface area (Å²) in [7, 11) is 1.51. The number of aliphatic hydroxyl groups excluding tert-OH is 1. The number of rotatable bonds is 7. The third-order valence-electron chi connectivity index (χ3n) is 7.15. The number of benzene rings is 2. The second-order valence-electron chi connectivity index (χ2n) is 10.4. The van der Waals surface area contributed by atoms with Gasteiger partial charge in [-0.1, -0.05) is 13.0 Å². The number of alkyl halides is 3. The Balaban J connectivity index is 1.61. The monoisotopic (exact) mass is 599 g/mol. The maximum Gasteiger partial charge on any atom is 0.416 e. The van der Waals surface area contributed by atoms with Gasteiger partial charge in [-0.2, -0.15) is 13.2 Å². The number of likely N-dealkylation sites (N-methyl/N-ethyl adjacent to an activating group) is 1. The number of fused-ring (bicyclic) bond motifs is 1. The molecule has 3 N–H and O–H groups in total. The van der Waals surface area contributed by atoms with Gasteiger partial charge in [0.1, 0.15) is 6.10 Å². The van der Waals surface area contributed by atoms with E-state index < -0.39 is 41.7 Å². The van der Waals surface area contributed by atoms with Crippen LogP contribution in [0, 0.1) is 5.92 Å². The lowest BCUT2D eigenvalue weighted by atomic mass is 9.99. The number of nitrogens with one attached hydrogen (secondary N) is 2. The van der Waals surface area contributed by atoms with Gasteiger partial charge >= 0.3 is 12.2 Å². The molecule has 0 spiro atoms. The first-order valence-corrected chi connectivity index (χ1v) is 13.5. The van der Waals surface area contributed by atoms with E-state index in [1.165, 1.54) is 41.4 Å². The average molecular weight is 600 g/mol. The Morgan fingerprint density at radius 1 is 1.12 bits per heavy atom. The lowest BCUT2D eigenvalue weighted by Crippen LogP contribution is -2.50. The summed E-state index contributed by atoms with van der Waals surface area (Å²) < 4.78 is 45.1. The maximum atomic E-state index is 13.6. The molecule has 1 aliphatic heterocycles. The summed E-state index contributed by atoms with van der Waals surface area (Å²) in [6, 6.07) is 10.8. The van der Waals surface area contributed by atoms with E-state index in [0.29, 0.717) is 5.56 Å². The van der Waals surface area contributed by atoms with E-state index in [9.17, 15) is 32.7 Å². The van der Waals surface area contributed by atoms with Crippen molar-refractivity contribution in [3.05, 3.63) is 83.7 Å². The molecule has 2 heterocycles. The second kappa shape index (κ2) is 13.1. The van der Waals surface area contributed by atoms with Crippen LogP contribution in [-0.2, 0) is 6.18 Å². The van der Waals surface area contributed by atoms with Crippen LogP contribution in [0.5, 0.6) is 5.75 Å². The number of hydrogen-bond donors (Lipinski definition) is 3. The van der Waals surface area contributed by atoms with Gasteiger partial charge in [0.15, 0.2) is 5.75 Å². The number of halogens is 3. The van der Waals surface area contributed by atoms with Crippen molar-refractivity contribution >= 4 is 29.2 Å². The average Bonchev–Trinajstić information content (AvgIpc) is 2.99. The molecule has 0 aliphatic carbocycles. The molecule has 10 nitrogen and oxygen atoms in total. The number of urea groups is 1. The first kappa shape index (κ1) is 31.3. The van der Waals surface area contributed by atoms with Gasteiger partial charge in [0, 0.05) is 43.2 Å². The van der Waals surface area contributed by atoms with E-state index in [4.69, 9.17) is 4.74 Å². The summed E-state index contributed by atoms with van der Waals surface area (Å²) in [6.45, 7) is 3.48. The lowest BCUT2D eigenvalue weighted by Gasteiger charge is -2.38. The predicted molar refractivity (Wildman–Crippen MR) is 153 cm³/mol. The van der Waals surface area contributed by atoms with Crippen molar-refractivity contribution in [3.8, 4) is 5.75 Å². The maximum absolute atomic E-state index is 13.6. The Kier molecular flexibility index (Phi) is 9.54. The molecule has 0 bridgehead atoms. The zero-order valence-corrected chi connectivity index (χ0v) is 23.8. The fraction of sp³-hybridized carbons (Fsp3) is 0.333. The van der Waals surface area contributed by atoms with Gasteiger partial charge in [-0.15, -0.1) is 0 Å². The summed E-state index contributed by atoms with van der Waals surface area (Å²) >= 11 is 0. The quantitative estimate of drug-likeness (QED) is 0.361. The molecular formula is C30H32F3N5O5. The van der Waals surface area contributed by atoms with E-state index >= 15 is 0 Å². The molecule has 0 fully saturated rings. The second-order valence-corrected chi connectivity index (χ2v) is 10.4. The number of amides is 4. The van der Waals surface area contributed by atoms with Crippen LogP contribution in [0.15, 0.2) is 67.0 Å². The Hall–Kier alpha value is -4.65. The first-order chi connectivity index (χ1) is 20.4. The molecule has 43 heavy (non-hydrogen) atoms. The van der Waals surface area contributed by atoms with Crippen molar-refractivity contribution in [2.24, 2.45) is 5.92 Å². The summed E-state index contributed by atoms with van der Waals surface area (Å²) in [5.74, 6) is -1.09. The Bertz CT molecular complexity index is 1450. The molecule has 4 amide bonds. The molecule has 0 radical (unpaired) electrons. The minimum absolute atomic E-state index is 0.0231. The molecule has 0 unspecified atom stereocenters. The number of para-hydroxylation sites is 1. The topological polar surface area (TPSA) is 124 Å². The van der Waals surface area contributed by atoms with Gasteiger partial charge < -0.3 is 30.3 Å². The van der Waals surface area contributed by atoms with Crippen LogP contribution in [0.25, 0.3) is 0 Å². The van der Waals surface area contributed by atoms with Crippen molar-refractivity contribution in [2.75, 3.05) is 37.4 Å². The molecule has 1 aromatic heterocycles. The minimum atomic E-state index is -4.50. The molecule has 228 valence electrons. The van der Waals surface area contributed by atoms with E-state index in [-0.39, 0.29) is 48.3 Å². The van der Waals surface area contributed by atoms with Crippen molar-refractivity contribution in [1.82, 2.24) is 14.8 Å². The third-order valence-corrected chi connectivity index (χ3v) is 7.15. The SMILES string of the molecule is C[C@H]1CN([C@@H](C)CO)C(=O)c2cccc(NC(=O)c3ccncc3)c2O[C@H]1CN(C)C(=O)Nc1ccc(C(F)(F)F)cc1. The minimum Gasteiger partial charge on any atom is -0.485 e. The van der Waals surface area contributed by atoms with Crippen molar-refractivity contribution in [1.29, 1.82) is 0 Å². The summed E-state index contributed by atoms with van der Waals surface area (Å²) in [4.78, 5) is 46.4. The molecule has 3 aromatic rings. The van der Waals surface area contributed by atoms with Gasteiger partial charge in [0.05, 0.1) is 36.0 Å². The molecule has 13 heteroatoms. The molecule has 3 atom stereocenters. The zero-order valence-electron chi connectivity index (χ0n) is 23.8. The van der Waals surface area contributed by atoms with Crippen molar-refractivity contribution in [3.63, 3.8) is 0 Å². The van der Waals surface area contributed by atoms with Crippen LogP contribution in [0.3, 0.4) is 0 Å². The molecule has 1 aliphatic rings. The van der Waals surface area contributed by atoms with Crippen LogP contribution in [-0.4, -0.2) is 76.6 Å². The third kappa shape index (κ3) is 7.41. The van der Waals surface area contributed by atoms with Crippen molar-refractivity contribution in [2.45, 2.75) is 32.2 Å². The van der Waals surface area contributed by atoms with Crippen LogP contribution in [0.1, 0.15) is 40.1 Å². The van der Waals surface area contributed by atoms with Crippen LogP contribution in [0.4, 0.5) is 29.3 Å². The molecule has 0 saturated heterocycles. The summed E-state index contributed by atoms with van der Waals surface area (Å²) in [5.41, 5.74) is 0.0838. The first-order valence-electron chi connectivity index (χ1n) is 13.5. The number of anilines is 2. The van der Waals surface area contributed by atoms with Crippen LogP contribution in [0.2, 0.25) is 0 Å². The lowest BCUT2D eigenvalue weighted by molar-refractivity contribution is -0.137. The number of carbonyl (C=O) groups is 3. The van der Waals surface area contributed by atoms with E-state index in [2.05, 4.69) is 15.6 Å². The predicted octanol–water partition coefficient (Wildman–Crippen LogP) is 4.74. The number of nitrogens with zero attached hydrogens (tertiary/aromatic N) is 3. The number of hydrogen-bond acceptors (Lipinski definition) is 6. The number of aromatic nitrogens is 1. The number of pyridine rings is 1. The van der Waals surface area contributed by atoms with Gasteiger partial charge in [-0.3, -0.25) is 14.6 Å². The Labute approximate surface area is 246 Å². The summed E-state index contributed by atoms with van der Waals surface area (Å²) in [6.07, 6.45) is -2.24. The number of carbonyl (C=O) groups excluding carboxylic acids is 3. The highest BCUT2D eigenvalue weighted by Gasteiger charge is 2.35. The van der Waals surface area contributed by atoms with Crippen LogP contribution >= 0.6 is 0 Å². The highest BCUT2D eigenvalue weighted by atomic mass is 19.4. The van der Waals surface area contributed by atoms with Crippen molar-refractivity contribution < 1.29 is 37.4 Å². The fourth-order valence-corrected chi connectivity index (χ4v) is 4.57. The van der Waals surface area contributed by atoms with Gasteiger partial charge in [-0.25, -0.2) is 4.79 Å². The van der Waals surface area contributed by atoms with E-state index in [1.807, 2.05) is 6.92 Å². The number of ether oxygens (including phenoxy) is 1. The van der Waals surface area contributed by atoms with Gasteiger partial charge in [-0.05, 0) is 55.5 Å². The zero-order chi connectivity index (χ0) is 31.3.